The molecule has 186 valence electrons. The summed E-state index contributed by atoms with van der Waals surface area (Å²) in [6.45, 7) is 5.75. The van der Waals surface area contributed by atoms with Crippen molar-refractivity contribution >= 4 is 28.1 Å². The zero-order valence-electron chi connectivity index (χ0n) is 18.9. The van der Waals surface area contributed by atoms with Crippen LogP contribution >= 0.6 is 12.4 Å². The number of halogens is 4. The van der Waals surface area contributed by atoms with Crippen molar-refractivity contribution in [1.82, 2.24) is 9.80 Å². The van der Waals surface area contributed by atoms with Crippen LogP contribution in [0.5, 0.6) is 0 Å². The van der Waals surface area contributed by atoms with E-state index >= 15 is 0 Å². The monoisotopic (exact) mass is 507 g/mol. The number of benzene rings is 1. The smallest absolute Gasteiger partial charge is 0.261 e. The Morgan fingerprint density at radius 1 is 1.12 bits per heavy atom. The lowest BCUT2D eigenvalue weighted by Gasteiger charge is -2.27. The van der Waals surface area contributed by atoms with E-state index in [1.165, 1.54) is 12.1 Å². The SMILES string of the molecule is CCC1(c2cc(NS(=O)(=O)C3CC3)ccc2F)C2CN(CCCN3CCC(F)(F)C3)CC21.Cl. The van der Waals surface area contributed by atoms with Gasteiger partial charge in [-0.25, -0.2) is 21.6 Å². The van der Waals surface area contributed by atoms with Crippen LogP contribution in [0.2, 0.25) is 0 Å². The molecular weight excluding hydrogens is 475 g/mol. The predicted molar refractivity (Wildman–Crippen MR) is 125 cm³/mol. The van der Waals surface area contributed by atoms with Gasteiger partial charge < -0.3 is 4.90 Å². The second-order valence-electron chi connectivity index (χ2n) is 10.1. The Bertz CT molecular complexity index is 977. The van der Waals surface area contributed by atoms with Crippen molar-refractivity contribution in [2.24, 2.45) is 11.8 Å². The van der Waals surface area contributed by atoms with E-state index in [2.05, 4.69) is 16.5 Å². The number of fused-ring (bicyclic) bond motifs is 1. The molecule has 4 fully saturated rings. The summed E-state index contributed by atoms with van der Waals surface area (Å²) in [6.07, 6.45) is 3.00. The third-order valence-electron chi connectivity index (χ3n) is 8.08. The van der Waals surface area contributed by atoms with Gasteiger partial charge in [0.15, 0.2) is 0 Å². The van der Waals surface area contributed by atoms with Gasteiger partial charge in [-0.2, -0.15) is 0 Å². The molecule has 1 N–H and O–H groups in total. The summed E-state index contributed by atoms with van der Waals surface area (Å²) in [5.41, 5.74) is 0.842. The average molecular weight is 508 g/mol. The van der Waals surface area contributed by atoms with E-state index in [1.54, 1.807) is 6.07 Å². The van der Waals surface area contributed by atoms with Crippen LogP contribution in [0.3, 0.4) is 0 Å². The van der Waals surface area contributed by atoms with Crippen molar-refractivity contribution in [2.45, 2.75) is 55.6 Å². The molecule has 2 unspecified atom stereocenters. The van der Waals surface area contributed by atoms with E-state index in [0.29, 0.717) is 49.0 Å². The first kappa shape index (κ1) is 25.1. The molecule has 5 nitrogen and oxygen atoms in total. The average Bonchev–Trinajstić information content (AvgIpc) is 3.60. The number of nitrogens with zero attached hydrogens (tertiary/aromatic N) is 2. The molecule has 0 amide bonds. The van der Waals surface area contributed by atoms with E-state index in [4.69, 9.17) is 0 Å². The first-order chi connectivity index (χ1) is 15.1. The molecule has 33 heavy (non-hydrogen) atoms. The van der Waals surface area contributed by atoms with Crippen molar-refractivity contribution < 1.29 is 21.6 Å². The molecule has 2 heterocycles. The summed E-state index contributed by atoms with van der Waals surface area (Å²) < 4.78 is 68.8. The minimum Gasteiger partial charge on any atom is -0.303 e. The number of rotatable bonds is 9. The number of piperidine rings is 1. The molecule has 2 atom stereocenters. The maximum atomic E-state index is 14.9. The fourth-order valence-corrected chi connectivity index (χ4v) is 7.58. The van der Waals surface area contributed by atoms with Gasteiger partial charge in [0.2, 0.25) is 10.0 Å². The topological polar surface area (TPSA) is 52.7 Å². The Hall–Kier alpha value is -1.03. The summed E-state index contributed by atoms with van der Waals surface area (Å²) in [7, 11) is -3.39. The first-order valence-electron chi connectivity index (χ1n) is 11.8. The third-order valence-corrected chi connectivity index (χ3v) is 9.95. The van der Waals surface area contributed by atoms with Crippen LogP contribution in [0.15, 0.2) is 18.2 Å². The Morgan fingerprint density at radius 2 is 1.79 bits per heavy atom. The minimum absolute atomic E-state index is 0. The van der Waals surface area contributed by atoms with E-state index in [0.717, 1.165) is 32.5 Å². The van der Waals surface area contributed by atoms with Gasteiger partial charge in [-0.15, -0.1) is 12.4 Å². The van der Waals surface area contributed by atoms with Crippen LogP contribution in [0.1, 0.15) is 44.6 Å². The molecule has 1 aromatic rings. The summed E-state index contributed by atoms with van der Waals surface area (Å²) in [5, 5.41) is -0.322. The molecule has 10 heteroatoms. The standard InChI is InChI=1S/C23H32F3N3O2S.ClH/c1-2-23(18-12-16(4-7-21(18)24)27-32(30,31)17-5-6-17)19-13-29(14-20(19)23)10-3-9-28-11-8-22(25,26)15-28;/h4,7,12,17,19-20,27H,2-3,5-6,8-11,13-15H2,1H3;1H. The van der Waals surface area contributed by atoms with E-state index in [-0.39, 0.29) is 41.9 Å². The van der Waals surface area contributed by atoms with Crippen LogP contribution in [0, 0.1) is 17.7 Å². The lowest BCUT2D eigenvalue weighted by atomic mass is 9.86. The first-order valence-corrected chi connectivity index (χ1v) is 13.3. The number of hydrogen-bond donors (Lipinski definition) is 1. The zero-order chi connectivity index (χ0) is 22.7. The number of alkyl halides is 2. The van der Waals surface area contributed by atoms with Crippen LogP contribution in [0.25, 0.3) is 0 Å². The molecule has 2 aliphatic heterocycles. The van der Waals surface area contributed by atoms with Crippen LogP contribution in [-0.2, 0) is 15.4 Å². The lowest BCUT2D eigenvalue weighted by molar-refractivity contribution is 0.0119. The Kier molecular flexibility index (Phi) is 6.75. The second kappa shape index (κ2) is 8.88. The third kappa shape index (κ3) is 4.75. The Morgan fingerprint density at radius 3 is 2.36 bits per heavy atom. The predicted octanol–water partition coefficient (Wildman–Crippen LogP) is 4.09. The van der Waals surface area contributed by atoms with Crippen molar-refractivity contribution in [3.8, 4) is 0 Å². The van der Waals surface area contributed by atoms with Crippen LogP contribution in [-0.4, -0.2) is 68.7 Å². The number of anilines is 1. The fourth-order valence-electron chi connectivity index (χ4n) is 6.20. The van der Waals surface area contributed by atoms with E-state index in [1.807, 2.05) is 4.90 Å². The number of sulfonamides is 1. The molecular formula is C23H33ClF3N3O2S. The molecule has 5 rings (SSSR count). The molecule has 0 radical (unpaired) electrons. The molecule has 4 aliphatic rings. The highest BCUT2D eigenvalue weighted by Gasteiger charge is 2.68. The maximum Gasteiger partial charge on any atom is 0.261 e. The summed E-state index contributed by atoms with van der Waals surface area (Å²) in [4.78, 5) is 4.21. The Balaban J connectivity index is 0.00000259. The van der Waals surface area contributed by atoms with Crippen molar-refractivity contribution in [3.63, 3.8) is 0 Å². The van der Waals surface area contributed by atoms with Crippen molar-refractivity contribution in [3.05, 3.63) is 29.6 Å². The maximum absolute atomic E-state index is 14.9. The molecule has 0 bridgehead atoms. The largest absolute Gasteiger partial charge is 0.303 e. The zero-order valence-corrected chi connectivity index (χ0v) is 20.5. The molecule has 2 saturated heterocycles. The number of nitrogens with one attached hydrogen (secondary N) is 1. The van der Waals surface area contributed by atoms with Gasteiger partial charge >= 0.3 is 0 Å². The van der Waals surface area contributed by atoms with Gasteiger partial charge in [0.05, 0.1) is 11.8 Å². The highest BCUT2D eigenvalue weighted by molar-refractivity contribution is 7.93. The van der Waals surface area contributed by atoms with Gasteiger partial charge in [0, 0.05) is 37.2 Å². The summed E-state index contributed by atoms with van der Waals surface area (Å²) in [6, 6.07) is 4.60. The van der Waals surface area contributed by atoms with Crippen LogP contribution < -0.4 is 4.72 Å². The molecule has 2 saturated carbocycles. The van der Waals surface area contributed by atoms with Gasteiger partial charge in [0.1, 0.15) is 5.82 Å². The van der Waals surface area contributed by atoms with Gasteiger partial charge in [0.25, 0.3) is 5.92 Å². The second-order valence-corrected chi connectivity index (χ2v) is 12.1. The lowest BCUT2D eigenvalue weighted by Crippen LogP contribution is -2.33. The molecule has 1 aromatic carbocycles. The molecule has 0 spiro atoms. The quantitative estimate of drug-likeness (QED) is 0.547. The highest BCUT2D eigenvalue weighted by atomic mass is 35.5. The van der Waals surface area contributed by atoms with Gasteiger partial charge in [-0.05, 0) is 74.4 Å². The van der Waals surface area contributed by atoms with Crippen molar-refractivity contribution in [1.29, 1.82) is 0 Å². The summed E-state index contributed by atoms with van der Waals surface area (Å²) in [5.74, 6) is -2.10. The van der Waals surface area contributed by atoms with Gasteiger partial charge in [-0.3, -0.25) is 9.62 Å². The molecule has 0 aromatic heterocycles. The fraction of sp³-hybridized carbons (Fsp3) is 0.739. The normalized spacial score (nSPS) is 31.3. The van der Waals surface area contributed by atoms with E-state index in [9.17, 15) is 21.6 Å². The number of hydrogen-bond acceptors (Lipinski definition) is 4. The van der Waals surface area contributed by atoms with Crippen LogP contribution in [0.4, 0.5) is 18.9 Å². The minimum atomic E-state index is -3.39. The number of likely N-dealkylation sites (tertiary alicyclic amines) is 2. The van der Waals surface area contributed by atoms with Crippen molar-refractivity contribution in [2.75, 3.05) is 44.0 Å². The summed E-state index contributed by atoms with van der Waals surface area (Å²) >= 11 is 0. The highest BCUT2D eigenvalue weighted by Crippen LogP contribution is 2.66. The molecule has 2 aliphatic carbocycles. The van der Waals surface area contributed by atoms with Gasteiger partial charge in [-0.1, -0.05) is 6.92 Å². The Labute approximate surface area is 200 Å². The van der Waals surface area contributed by atoms with E-state index < -0.39 is 15.9 Å².